The highest BCUT2D eigenvalue weighted by atomic mass is 19.1. The van der Waals surface area contributed by atoms with Gasteiger partial charge in [0, 0.05) is 17.6 Å². The van der Waals surface area contributed by atoms with Gasteiger partial charge in [0.25, 0.3) is 5.91 Å². The number of nitrogens with two attached hydrogens (primary N) is 1. The van der Waals surface area contributed by atoms with E-state index in [1.54, 1.807) is 13.0 Å². The van der Waals surface area contributed by atoms with Gasteiger partial charge < -0.3 is 11.1 Å². The molecule has 0 bridgehead atoms. The molecule has 1 aromatic carbocycles. The van der Waals surface area contributed by atoms with E-state index in [1.807, 2.05) is 6.92 Å². The molecule has 1 unspecified atom stereocenters. The highest BCUT2D eigenvalue weighted by molar-refractivity contribution is 5.96. The smallest absolute Gasteiger partial charge is 0.252 e. The summed E-state index contributed by atoms with van der Waals surface area (Å²) >= 11 is 0. The summed E-state index contributed by atoms with van der Waals surface area (Å²) in [4.78, 5) is 12.2. The van der Waals surface area contributed by atoms with E-state index in [0.29, 0.717) is 18.0 Å². The maximum absolute atomic E-state index is 13.2. The minimum atomic E-state index is -0.468. The molecule has 4 heteroatoms. The van der Waals surface area contributed by atoms with Gasteiger partial charge in [-0.15, -0.1) is 0 Å². The lowest BCUT2D eigenvalue weighted by Gasteiger charge is -2.31. The Morgan fingerprint density at radius 1 is 1.47 bits per heavy atom. The highest BCUT2D eigenvalue weighted by Crippen LogP contribution is 2.17. The van der Waals surface area contributed by atoms with E-state index in [9.17, 15) is 9.18 Å². The molecular weight excluding hydrogens is 243 g/mol. The monoisotopic (exact) mass is 266 g/mol. The zero-order valence-electron chi connectivity index (χ0n) is 12.1. The van der Waals surface area contributed by atoms with Crippen molar-refractivity contribution in [2.24, 2.45) is 11.7 Å². The second-order valence-electron chi connectivity index (χ2n) is 5.78. The quantitative estimate of drug-likeness (QED) is 0.860. The van der Waals surface area contributed by atoms with Gasteiger partial charge in [0.2, 0.25) is 0 Å². The number of aryl methyl sites for hydroxylation is 1. The number of rotatable bonds is 5. The van der Waals surface area contributed by atoms with Gasteiger partial charge in [-0.2, -0.15) is 0 Å². The van der Waals surface area contributed by atoms with Gasteiger partial charge in [0.15, 0.2) is 0 Å². The normalized spacial score (nSPS) is 14.3. The molecular formula is C15H23FN2O. The molecule has 0 saturated heterocycles. The summed E-state index contributed by atoms with van der Waals surface area (Å²) in [5.74, 6) is -0.262. The Morgan fingerprint density at radius 3 is 2.63 bits per heavy atom. The fourth-order valence-corrected chi connectivity index (χ4v) is 2.27. The first kappa shape index (κ1) is 15.6. The second kappa shape index (κ2) is 6.15. The van der Waals surface area contributed by atoms with E-state index in [2.05, 4.69) is 19.2 Å². The van der Waals surface area contributed by atoms with Crippen molar-refractivity contribution in [1.82, 2.24) is 5.32 Å². The van der Waals surface area contributed by atoms with Crippen molar-refractivity contribution in [3.63, 3.8) is 0 Å². The van der Waals surface area contributed by atoms with Crippen LogP contribution in [0.25, 0.3) is 0 Å². The fourth-order valence-electron chi connectivity index (χ4n) is 2.27. The van der Waals surface area contributed by atoms with Crippen molar-refractivity contribution in [1.29, 1.82) is 0 Å². The summed E-state index contributed by atoms with van der Waals surface area (Å²) in [6, 6.07) is 4.21. The Morgan fingerprint density at radius 2 is 2.11 bits per heavy atom. The highest BCUT2D eigenvalue weighted by Gasteiger charge is 2.26. The molecule has 0 saturated carbocycles. The Balaban J connectivity index is 2.91. The molecule has 1 amide bonds. The third-order valence-electron chi connectivity index (χ3n) is 3.17. The lowest BCUT2D eigenvalue weighted by Crippen LogP contribution is -2.52. The predicted molar refractivity (Wildman–Crippen MR) is 75.5 cm³/mol. The standard InChI is InChI=1S/C15H23FN2O/c1-10(2)8-15(4,9-17)18-14(19)13-7-12(16)6-5-11(13)3/h5-7,10H,8-9,17H2,1-4H3,(H,18,19). The average molecular weight is 266 g/mol. The van der Waals surface area contributed by atoms with Crippen LogP contribution in [0, 0.1) is 18.7 Å². The third kappa shape index (κ3) is 4.31. The molecule has 0 aromatic heterocycles. The van der Waals surface area contributed by atoms with Crippen LogP contribution in [0.5, 0.6) is 0 Å². The molecule has 0 aliphatic heterocycles. The van der Waals surface area contributed by atoms with Crippen molar-refractivity contribution in [2.75, 3.05) is 6.54 Å². The minimum Gasteiger partial charge on any atom is -0.346 e. The summed E-state index contributed by atoms with van der Waals surface area (Å²) in [6.07, 6.45) is 0.781. The van der Waals surface area contributed by atoms with Crippen LogP contribution in [0.3, 0.4) is 0 Å². The van der Waals surface area contributed by atoms with Gasteiger partial charge in [0.1, 0.15) is 5.82 Å². The van der Waals surface area contributed by atoms with E-state index >= 15 is 0 Å². The van der Waals surface area contributed by atoms with Crippen LogP contribution in [-0.2, 0) is 0 Å². The number of halogens is 1. The third-order valence-corrected chi connectivity index (χ3v) is 3.17. The van der Waals surface area contributed by atoms with E-state index in [4.69, 9.17) is 5.73 Å². The van der Waals surface area contributed by atoms with Crippen molar-refractivity contribution in [3.05, 3.63) is 35.1 Å². The molecule has 106 valence electrons. The zero-order chi connectivity index (χ0) is 14.6. The molecule has 3 N–H and O–H groups in total. The van der Waals surface area contributed by atoms with Crippen LogP contribution in [-0.4, -0.2) is 18.0 Å². The lowest BCUT2D eigenvalue weighted by atomic mass is 9.90. The Labute approximate surface area is 114 Å². The SMILES string of the molecule is Cc1ccc(F)cc1C(=O)NC(C)(CN)CC(C)C. The average Bonchev–Trinajstić information content (AvgIpc) is 2.31. The number of carbonyl (C=O) groups is 1. The van der Waals surface area contributed by atoms with Gasteiger partial charge in [-0.3, -0.25) is 4.79 Å². The van der Waals surface area contributed by atoms with E-state index in [-0.39, 0.29) is 5.91 Å². The van der Waals surface area contributed by atoms with Crippen LogP contribution in [0.15, 0.2) is 18.2 Å². The predicted octanol–water partition coefficient (Wildman–Crippen LogP) is 2.63. The van der Waals surface area contributed by atoms with Gasteiger partial charge in [-0.05, 0) is 43.9 Å². The van der Waals surface area contributed by atoms with E-state index < -0.39 is 11.4 Å². The maximum Gasteiger partial charge on any atom is 0.252 e. The molecule has 0 radical (unpaired) electrons. The van der Waals surface area contributed by atoms with Crippen LogP contribution < -0.4 is 11.1 Å². The molecule has 0 heterocycles. The fraction of sp³-hybridized carbons (Fsp3) is 0.533. The molecule has 1 aromatic rings. The molecule has 0 aliphatic carbocycles. The van der Waals surface area contributed by atoms with Crippen molar-refractivity contribution < 1.29 is 9.18 Å². The number of hydrogen-bond donors (Lipinski definition) is 2. The number of benzene rings is 1. The summed E-state index contributed by atoms with van der Waals surface area (Å²) in [5.41, 5.74) is 6.41. The molecule has 3 nitrogen and oxygen atoms in total. The lowest BCUT2D eigenvalue weighted by molar-refractivity contribution is 0.0897. The van der Waals surface area contributed by atoms with Crippen molar-refractivity contribution in [3.8, 4) is 0 Å². The second-order valence-corrected chi connectivity index (χ2v) is 5.78. The number of amides is 1. The molecule has 0 fully saturated rings. The topological polar surface area (TPSA) is 55.1 Å². The molecule has 0 spiro atoms. The summed E-state index contributed by atoms with van der Waals surface area (Å²) in [6.45, 7) is 8.21. The summed E-state index contributed by atoms with van der Waals surface area (Å²) in [5, 5.41) is 2.93. The molecule has 1 atom stereocenters. The van der Waals surface area contributed by atoms with E-state index in [0.717, 1.165) is 12.0 Å². The Hall–Kier alpha value is -1.42. The van der Waals surface area contributed by atoms with Crippen molar-refractivity contribution >= 4 is 5.91 Å². The zero-order valence-corrected chi connectivity index (χ0v) is 12.1. The van der Waals surface area contributed by atoms with E-state index in [1.165, 1.54) is 12.1 Å². The number of hydrogen-bond acceptors (Lipinski definition) is 2. The molecule has 19 heavy (non-hydrogen) atoms. The van der Waals surface area contributed by atoms with Gasteiger partial charge >= 0.3 is 0 Å². The van der Waals surface area contributed by atoms with Crippen LogP contribution in [0.1, 0.15) is 43.1 Å². The first-order valence-corrected chi connectivity index (χ1v) is 6.56. The Kier molecular flexibility index (Phi) is 5.06. The molecule has 0 aliphatic rings. The first-order valence-electron chi connectivity index (χ1n) is 6.56. The summed E-state index contributed by atoms with van der Waals surface area (Å²) in [7, 11) is 0. The van der Waals surface area contributed by atoms with Crippen LogP contribution in [0.4, 0.5) is 4.39 Å². The van der Waals surface area contributed by atoms with Gasteiger partial charge in [-0.1, -0.05) is 19.9 Å². The van der Waals surface area contributed by atoms with Crippen LogP contribution in [0.2, 0.25) is 0 Å². The number of carbonyl (C=O) groups excluding carboxylic acids is 1. The largest absolute Gasteiger partial charge is 0.346 e. The van der Waals surface area contributed by atoms with Crippen molar-refractivity contribution in [2.45, 2.75) is 39.7 Å². The molecule has 1 rings (SSSR count). The van der Waals surface area contributed by atoms with Crippen LogP contribution >= 0.6 is 0 Å². The first-order chi connectivity index (χ1) is 8.77. The minimum absolute atomic E-state index is 0.273. The Bertz CT molecular complexity index is 459. The van der Waals surface area contributed by atoms with Gasteiger partial charge in [0.05, 0.1) is 0 Å². The summed E-state index contributed by atoms with van der Waals surface area (Å²) < 4.78 is 13.2. The van der Waals surface area contributed by atoms with Gasteiger partial charge in [-0.25, -0.2) is 4.39 Å². The number of nitrogens with one attached hydrogen (secondary N) is 1. The maximum atomic E-state index is 13.2.